The monoisotopic (exact) mass is 324 g/mol. The molecular formula is C15H17ClN2O2S. The van der Waals surface area contributed by atoms with Crippen LogP contribution < -0.4 is 4.31 Å². The van der Waals surface area contributed by atoms with E-state index in [9.17, 15) is 8.42 Å². The first-order valence-electron chi connectivity index (χ1n) is 7.12. The number of fused-ring (bicyclic) bond motifs is 2. The van der Waals surface area contributed by atoms with Crippen molar-refractivity contribution in [2.45, 2.75) is 43.3 Å². The highest BCUT2D eigenvalue weighted by Gasteiger charge is 2.49. The summed E-state index contributed by atoms with van der Waals surface area (Å²) in [7, 11) is -3.70. The molecule has 112 valence electrons. The van der Waals surface area contributed by atoms with Gasteiger partial charge in [0.1, 0.15) is 0 Å². The van der Waals surface area contributed by atoms with Gasteiger partial charge in [-0.3, -0.25) is 4.31 Å². The van der Waals surface area contributed by atoms with Crippen molar-refractivity contribution in [2.75, 3.05) is 10.8 Å². The van der Waals surface area contributed by atoms with Crippen LogP contribution in [0.15, 0.2) is 18.2 Å². The van der Waals surface area contributed by atoms with E-state index < -0.39 is 15.3 Å². The quantitative estimate of drug-likeness (QED) is 0.839. The smallest absolute Gasteiger partial charge is 0.251 e. The Balaban J connectivity index is 2.18. The van der Waals surface area contributed by atoms with E-state index >= 15 is 0 Å². The van der Waals surface area contributed by atoms with Crippen LogP contribution in [0.3, 0.4) is 0 Å². The van der Waals surface area contributed by atoms with Crippen LogP contribution in [-0.4, -0.2) is 20.2 Å². The fourth-order valence-corrected chi connectivity index (χ4v) is 5.31. The third kappa shape index (κ3) is 2.04. The van der Waals surface area contributed by atoms with E-state index in [0.717, 1.165) is 31.2 Å². The number of hydrogen-bond donors (Lipinski definition) is 0. The van der Waals surface area contributed by atoms with Gasteiger partial charge in [-0.2, -0.15) is 5.26 Å². The Kier molecular flexibility index (Phi) is 3.42. The van der Waals surface area contributed by atoms with Crippen molar-refractivity contribution in [2.24, 2.45) is 0 Å². The molecule has 21 heavy (non-hydrogen) atoms. The summed E-state index contributed by atoms with van der Waals surface area (Å²) in [5.74, 6) is 0. The van der Waals surface area contributed by atoms with Crippen molar-refractivity contribution in [3.63, 3.8) is 0 Å². The highest BCUT2D eigenvalue weighted by atomic mass is 35.5. The number of rotatable bonds is 2. The standard InChI is InChI=1S/C15H17ClN2O2S/c1-11(9-17)21(19,20)18-10-15(7-2-3-8-15)12-5-4-6-13(16)14(12)18/h4-6,11H,2-3,7-8,10H2,1H3. The average Bonchev–Trinajstić information content (AvgIpc) is 3.06. The number of anilines is 1. The molecule has 1 saturated carbocycles. The molecular weight excluding hydrogens is 308 g/mol. The number of hydrogen-bond acceptors (Lipinski definition) is 3. The molecule has 6 heteroatoms. The predicted octanol–water partition coefficient (Wildman–Crippen LogP) is 3.21. The minimum atomic E-state index is -3.70. The minimum absolute atomic E-state index is 0.123. The molecule has 1 spiro atoms. The molecule has 0 N–H and O–H groups in total. The average molecular weight is 325 g/mol. The van der Waals surface area contributed by atoms with Gasteiger partial charge in [-0.1, -0.05) is 36.6 Å². The predicted molar refractivity (Wildman–Crippen MR) is 82.9 cm³/mol. The lowest BCUT2D eigenvalue weighted by molar-refractivity contribution is 0.476. The second-order valence-electron chi connectivity index (χ2n) is 5.95. The van der Waals surface area contributed by atoms with Crippen molar-refractivity contribution in [1.29, 1.82) is 5.26 Å². The Morgan fingerprint density at radius 3 is 2.67 bits per heavy atom. The first-order chi connectivity index (χ1) is 9.92. The lowest BCUT2D eigenvalue weighted by Crippen LogP contribution is -2.39. The lowest BCUT2D eigenvalue weighted by atomic mass is 9.81. The molecule has 1 aromatic rings. The molecule has 4 nitrogen and oxygen atoms in total. The summed E-state index contributed by atoms with van der Waals surface area (Å²) in [6.45, 7) is 1.84. The molecule has 1 aromatic carbocycles. The molecule has 0 aromatic heterocycles. The van der Waals surface area contributed by atoms with Crippen LogP contribution in [0.1, 0.15) is 38.2 Å². The van der Waals surface area contributed by atoms with Crippen LogP contribution in [0.25, 0.3) is 0 Å². The zero-order valence-corrected chi connectivity index (χ0v) is 13.4. The fraction of sp³-hybridized carbons (Fsp3) is 0.533. The van der Waals surface area contributed by atoms with Crippen molar-refractivity contribution in [3.05, 3.63) is 28.8 Å². The van der Waals surface area contributed by atoms with Gasteiger partial charge in [0.25, 0.3) is 10.0 Å². The summed E-state index contributed by atoms with van der Waals surface area (Å²) in [5, 5.41) is 8.39. The van der Waals surface area contributed by atoms with Crippen molar-refractivity contribution >= 4 is 27.3 Å². The summed E-state index contributed by atoms with van der Waals surface area (Å²) >= 11 is 6.29. The minimum Gasteiger partial charge on any atom is -0.266 e. The zero-order chi connectivity index (χ0) is 15.3. The topological polar surface area (TPSA) is 61.2 Å². The van der Waals surface area contributed by atoms with Crippen molar-refractivity contribution in [1.82, 2.24) is 0 Å². The normalized spacial score (nSPS) is 21.3. The van der Waals surface area contributed by atoms with Crippen LogP contribution in [-0.2, 0) is 15.4 Å². The Morgan fingerprint density at radius 2 is 2.05 bits per heavy atom. The van der Waals surface area contributed by atoms with Crippen molar-refractivity contribution in [3.8, 4) is 6.07 Å². The second kappa shape index (κ2) is 4.89. The molecule has 0 bridgehead atoms. The number of halogens is 1. The number of benzene rings is 1. The molecule has 0 amide bonds. The SMILES string of the molecule is CC(C#N)S(=O)(=O)N1CC2(CCCC2)c2cccc(Cl)c21. The van der Waals surface area contributed by atoms with E-state index in [1.165, 1.54) is 11.2 Å². The molecule has 1 fully saturated rings. The van der Waals surface area contributed by atoms with E-state index in [-0.39, 0.29) is 5.41 Å². The van der Waals surface area contributed by atoms with Crippen molar-refractivity contribution < 1.29 is 8.42 Å². The van der Waals surface area contributed by atoms with Gasteiger partial charge in [0.15, 0.2) is 5.25 Å². The molecule has 1 atom stereocenters. The fourth-order valence-electron chi connectivity index (χ4n) is 3.59. The molecule has 3 rings (SSSR count). The Labute approximate surface area is 130 Å². The number of nitrogens with zero attached hydrogens (tertiary/aromatic N) is 2. The van der Waals surface area contributed by atoms with E-state index in [1.54, 1.807) is 6.07 Å². The van der Waals surface area contributed by atoms with Gasteiger partial charge in [-0.15, -0.1) is 0 Å². The summed E-state index contributed by atoms with van der Waals surface area (Å²) in [4.78, 5) is 0. The summed E-state index contributed by atoms with van der Waals surface area (Å²) in [6, 6.07) is 7.42. The highest BCUT2D eigenvalue weighted by Crippen LogP contribution is 2.53. The number of sulfonamides is 1. The van der Waals surface area contributed by atoms with Crippen LogP contribution in [0.4, 0.5) is 5.69 Å². The van der Waals surface area contributed by atoms with E-state index in [0.29, 0.717) is 17.3 Å². The van der Waals surface area contributed by atoms with Gasteiger partial charge in [0.2, 0.25) is 0 Å². The van der Waals surface area contributed by atoms with Gasteiger partial charge < -0.3 is 0 Å². The highest BCUT2D eigenvalue weighted by molar-refractivity contribution is 7.93. The first-order valence-corrected chi connectivity index (χ1v) is 9.01. The molecule has 1 aliphatic heterocycles. The molecule has 2 aliphatic rings. The Bertz CT molecular complexity index is 718. The van der Waals surface area contributed by atoms with E-state index in [2.05, 4.69) is 0 Å². The zero-order valence-electron chi connectivity index (χ0n) is 11.8. The molecule has 0 radical (unpaired) electrons. The van der Waals surface area contributed by atoms with E-state index in [4.69, 9.17) is 16.9 Å². The summed E-state index contributed by atoms with van der Waals surface area (Å²) in [6.07, 6.45) is 4.17. The third-order valence-electron chi connectivity index (χ3n) is 4.75. The maximum atomic E-state index is 12.7. The Morgan fingerprint density at radius 1 is 1.38 bits per heavy atom. The number of nitriles is 1. The van der Waals surface area contributed by atoms with Gasteiger partial charge in [0, 0.05) is 12.0 Å². The molecule has 1 unspecified atom stereocenters. The van der Waals surface area contributed by atoms with Crippen LogP contribution in [0.5, 0.6) is 0 Å². The van der Waals surface area contributed by atoms with Gasteiger partial charge in [0.05, 0.1) is 16.8 Å². The Hall–Kier alpha value is -1.25. The van der Waals surface area contributed by atoms with Crippen LogP contribution in [0.2, 0.25) is 5.02 Å². The maximum Gasteiger partial charge on any atom is 0.251 e. The number of para-hydroxylation sites is 1. The third-order valence-corrected chi connectivity index (χ3v) is 6.98. The summed E-state index contributed by atoms with van der Waals surface area (Å²) < 4.78 is 26.7. The first kappa shape index (κ1) is 14.7. The second-order valence-corrected chi connectivity index (χ2v) is 8.53. The van der Waals surface area contributed by atoms with Gasteiger partial charge in [-0.05, 0) is 31.4 Å². The maximum absolute atomic E-state index is 12.7. The van der Waals surface area contributed by atoms with E-state index in [1.807, 2.05) is 18.2 Å². The van der Waals surface area contributed by atoms with Crippen LogP contribution >= 0.6 is 11.6 Å². The molecule has 1 aliphatic carbocycles. The molecule has 0 saturated heterocycles. The molecule has 1 heterocycles. The van der Waals surface area contributed by atoms with Gasteiger partial charge in [-0.25, -0.2) is 8.42 Å². The largest absolute Gasteiger partial charge is 0.266 e. The lowest BCUT2D eigenvalue weighted by Gasteiger charge is -2.25. The van der Waals surface area contributed by atoms with Crippen LogP contribution in [0, 0.1) is 11.3 Å². The summed E-state index contributed by atoms with van der Waals surface area (Å²) in [5.41, 5.74) is 1.49. The van der Waals surface area contributed by atoms with Gasteiger partial charge >= 0.3 is 0 Å².